The minimum atomic E-state index is -0.793. The minimum Gasteiger partial charge on any atom is -0.442 e. The molecule has 2 amide bonds. The molecule has 2 aliphatic heterocycles. The first-order valence-corrected chi connectivity index (χ1v) is 10.2. The zero-order chi connectivity index (χ0) is 22.7. The van der Waals surface area contributed by atoms with Crippen LogP contribution in [-0.2, 0) is 9.53 Å². The molecule has 170 valence electrons. The lowest BCUT2D eigenvalue weighted by Crippen LogP contribution is -2.35. The van der Waals surface area contributed by atoms with Crippen molar-refractivity contribution in [2.75, 3.05) is 43.0 Å². The van der Waals surface area contributed by atoms with Crippen LogP contribution < -0.4 is 10.2 Å². The molecule has 1 aromatic carbocycles. The highest BCUT2D eigenvalue weighted by atomic mass is 19.1. The summed E-state index contributed by atoms with van der Waals surface area (Å²) in [6.07, 6.45) is 2.07. The van der Waals surface area contributed by atoms with E-state index in [1.54, 1.807) is 12.1 Å². The number of aromatic nitrogens is 1. The molecule has 2 aromatic rings. The predicted octanol–water partition coefficient (Wildman–Crippen LogP) is 2.39. The highest BCUT2D eigenvalue weighted by molar-refractivity contribution is 5.90. The van der Waals surface area contributed by atoms with Crippen LogP contribution in [0.1, 0.15) is 18.4 Å². The molecule has 4 rings (SSSR count). The summed E-state index contributed by atoms with van der Waals surface area (Å²) in [5.74, 6) is -1.31. The van der Waals surface area contributed by atoms with Gasteiger partial charge in [-0.2, -0.15) is 0 Å². The lowest BCUT2D eigenvalue weighted by Gasteiger charge is -2.27. The largest absolute Gasteiger partial charge is 0.442 e. The Morgan fingerprint density at radius 1 is 1.31 bits per heavy atom. The molecule has 2 aliphatic rings. The molecule has 0 radical (unpaired) electrons. The normalized spacial score (nSPS) is 18.5. The predicted molar refractivity (Wildman–Crippen MR) is 110 cm³/mol. The standard InChI is InChI=1S/C21H22F2N4O5/c22-16-9-14(27-12-15(32-21(27)30)11-24-18-4-8-31-25-18)10-17(23)20(16)13-1-5-26(6-2-13)19(29)3-7-28/h1,4,8-10,15,28H,2-3,5-7,11-12H2,(H,24,25)/t15-/m0/s1. The van der Waals surface area contributed by atoms with Gasteiger partial charge >= 0.3 is 6.09 Å². The highest BCUT2D eigenvalue weighted by Gasteiger charge is 2.33. The molecule has 1 saturated heterocycles. The molecule has 0 spiro atoms. The third-order valence-electron chi connectivity index (χ3n) is 5.37. The fourth-order valence-corrected chi connectivity index (χ4v) is 3.76. The molecular weight excluding hydrogens is 426 g/mol. The first-order valence-electron chi connectivity index (χ1n) is 10.2. The van der Waals surface area contributed by atoms with E-state index in [0.717, 1.165) is 12.1 Å². The Bertz CT molecular complexity index is 1000. The zero-order valence-electron chi connectivity index (χ0n) is 17.1. The van der Waals surface area contributed by atoms with Crippen LogP contribution in [0.5, 0.6) is 0 Å². The number of hydrogen-bond donors (Lipinski definition) is 2. The van der Waals surface area contributed by atoms with E-state index in [1.165, 1.54) is 16.1 Å². The Morgan fingerprint density at radius 3 is 2.72 bits per heavy atom. The van der Waals surface area contributed by atoms with Crippen molar-refractivity contribution in [2.45, 2.75) is 18.9 Å². The second kappa shape index (κ2) is 9.35. The molecule has 1 fully saturated rings. The quantitative estimate of drug-likeness (QED) is 0.670. The van der Waals surface area contributed by atoms with E-state index in [-0.39, 0.29) is 56.2 Å². The maximum atomic E-state index is 14.9. The molecular formula is C21H22F2N4O5. The number of anilines is 2. The fraction of sp³-hybridized carbons (Fsp3) is 0.381. The van der Waals surface area contributed by atoms with Crippen molar-refractivity contribution in [1.82, 2.24) is 10.1 Å². The van der Waals surface area contributed by atoms with E-state index < -0.39 is 23.8 Å². The lowest BCUT2D eigenvalue weighted by atomic mass is 9.97. The van der Waals surface area contributed by atoms with Gasteiger partial charge in [-0.15, -0.1) is 0 Å². The van der Waals surface area contributed by atoms with Crippen molar-refractivity contribution in [2.24, 2.45) is 0 Å². The van der Waals surface area contributed by atoms with Gasteiger partial charge in [-0.05, 0) is 24.1 Å². The van der Waals surface area contributed by atoms with Gasteiger partial charge in [0, 0.05) is 31.1 Å². The molecule has 11 heteroatoms. The second-order valence-corrected chi connectivity index (χ2v) is 7.46. The van der Waals surface area contributed by atoms with E-state index in [1.807, 2.05) is 0 Å². The van der Waals surface area contributed by atoms with Gasteiger partial charge in [-0.25, -0.2) is 13.6 Å². The molecule has 1 atom stereocenters. The number of aliphatic hydroxyl groups is 1. The summed E-state index contributed by atoms with van der Waals surface area (Å²) in [5.41, 5.74) is 0.354. The average molecular weight is 448 g/mol. The monoisotopic (exact) mass is 448 g/mol. The number of hydrogen-bond acceptors (Lipinski definition) is 7. The summed E-state index contributed by atoms with van der Waals surface area (Å²) in [4.78, 5) is 26.8. The number of benzene rings is 1. The number of rotatable bonds is 7. The third kappa shape index (κ3) is 4.57. The van der Waals surface area contributed by atoms with Crippen molar-refractivity contribution in [3.05, 3.63) is 47.7 Å². The van der Waals surface area contributed by atoms with Crippen LogP contribution in [0.4, 0.5) is 25.1 Å². The van der Waals surface area contributed by atoms with E-state index in [2.05, 4.69) is 10.5 Å². The van der Waals surface area contributed by atoms with Crippen LogP contribution in [0, 0.1) is 11.6 Å². The number of nitrogens with one attached hydrogen (secondary N) is 1. The van der Waals surface area contributed by atoms with E-state index >= 15 is 0 Å². The molecule has 3 heterocycles. The van der Waals surface area contributed by atoms with Gasteiger partial charge in [0.15, 0.2) is 5.82 Å². The smallest absolute Gasteiger partial charge is 0.414 e. The van der Waals surface area contributed by atoms with Crippen LogP contribution in [0.2, 0.25) is 0 Å². The van der Waals surface area contributed by atoms with Crippen molar-refractivity contribution in [3.63, 3.8) is 0 Å². The Morgan fingerprint density at radius 2 is 2.09 bits per heavy atom. The van der Waals surface area contributed by atoms with Crippen molar-refractivity contribution >= 4 is 29.1 Å². The summed E-state index contributed by atoms with van der Waals surface area (Å²) < 4.78 is 39.7. The molecule has 0 aliphatic carbocycles. The summed E-state index contributed by atoms with van der Waals surface area (Å²) in [6.45, 7) is 0.660. The molecule has 0 unspecified atom stereocenters. The van der Waals surface area contributed by atoms with Crippen molar-refractivity contribution < 1.29 is 32.7 Å². The number of cyclic esters (lactones) is 1. The van der Waals surface area contributed by atoms with Crippen LogP contribution in [0.15, 0.2) is 35.1 Å². The van der Waals surface area contributed by atoms with Gasteiger partial charge in [0.1, 0.15) is 24.0 Å². The van der Waals surface area contributed by atoms with Gasteiger partial charge in [0.05, 0.1) is 25.4 Å². The summed E-state index contributed by atoms with van der Waals surface area (Å²) in [7, 11) is 0. The number of carbonyl (C=O) groups is 2. The maximum Gasteiger partial charge on any atom is 0.414 e. The number of aliphatic hydroxyl groups excluding tert-OH is 1. The van der Waals surface area contributed by atoms with Crippen LogP contribution in [-0.4, -0.2) is 66.1 Å². The number of nitrogens with zero attached hydrogens (tertiary/aromatic N) is 3. The average Bonchev–Trinajstić information content (AvgIpc) is 3.42. The highest BCUT2D eigenvalue weighted by Crippen LogP contribution is 2.32. The van der Waals surface area contributed by atoms with Crippen molar-refractivity contribution in [1.29, 1.82) is 0 Å². The Hall–Kier alpha value is -3.47. The van der Waals surface area contributed by atoms with Gasteiger partial charge in [0.2, 0.25) is 5.91 Å². The first kappa shape index (κ1) is 21.8. The molecule has 0 saturated carbocycles. The van der Waals surface area contributed by atoms with E-state index in [0.29, 0.717) is 17.9 Å². The number of ether oxygens (including phenoxy) is 1. The van der Waals surface area contributed by atoms with Gasteiger partial charge < -0.3 is 24.6 Å². The third-order valence-corrected chi connectivity index (χ3v) is 5.37. The Kier molecular flexibility index (Phi) is 6.35. The van der Waals surface area contributed by atoms with E-state index in [9.17, 15) is 18.4 Å². The molecule has 1 aromatic heterocycles. The number of amides is 2. The van der Waals surface area contributed by atoms with Crippen LogP contribution in [0.3, 0.4) is 0 Å². The topological polar surface area (TPSA) is 108 Å². The maximum absolute atomic E-state index is 14.9. The van der Waals surface area contributed by atoms with Gasteiger partial charge in [-0.1, -0.05) is 11.2 Å². The van der Waals surface area contributed by atoms with E-state index in [4.69, 9.17) is 14.4 Å². The SMILES string of the molecule is O=C(CCO)N1CC=C(c2c(F)cc(N3C[C@H](CNc4ccon4)OC3=O)cc2F)CC1. The molecule has 32 heavy (non-hydrogen) atoms. The molecule has 9 nitrogen and oxygen atoms in total. The van der Waals surface area contributed by atoms with Gasteiger partial charge in [-0.3, -0.25) is 9.69 Å². The fourth-order valence-electron chi connectivity index (χ4n) is 3.76. The van der Waals surface area contributed by atoms with Crippen molar-refractivity contribution in [3.8, 4) is 0 Å². The second-order valence-electron chi connectivity index (χ2n) is 7.46. The van der Waals surface area contributed by atoms with Crippen LogP contribution >= 0.6 is 0 Å². The Labute approximate surface area is 182 Å². The number of halogens is 2. The first-order chi connectivity index (χ1) is 15.5. The molecule has 2 N–H and O–H groups in total. The lowest BCUT2D eigenvalue weighted by molar-refractivity contribution is -0.131. The van der Waals surface area contributed by atoms with Gasteiger partial charge in [0.25, 0.3) is 0 Å². The number of carbonyl (C=O) groups excluding carboxylic acids is 2. The Balaban J connectivity index is 1.45. The summed E-state index contributed by atoms with van der Waals surface area (Å²) in [5, 5.41) is 15.5. The summed E-state index contributed by atoms with van der Waals surface area (Å²) in [6, 6.07) is 3.83. The van der Waals surface area contributed by atoms with Crippen LogP contribution in [0.25, 0.3) is 5.57 Å². The summed E-state index contributed by atoms with van der Waals surface area (Å²) >= 11 is 0. The molecule has 0 bridgehead atoms. The minimum absolute atomic E-state index is 0.0155. The zero-order valence-corrected chi connectivity index (χ0v) is 17.1.